The molecule has 4 rings (SSSR count). The topological polar surface area (TPSA) is 185 Å². The van der Waals surface area contributed by atoms with Gasteiger partial charge < -0.3 is 0 Å². The zero-order valence-corrected chi connectivity index (χ0v) is 20.2. The van der Waals surface area contributed by atoms with Gasteiger partial charge in [0, 0.05) is 0 Å². The summed E-state index contributed by atoms with van der Waals surface area (Å²) in [5, 5.41) is 54.2. The van der Waals surface area contributed by atoms with Crippen molar-refractivity contribution in [1.29, 1.82) is 0 Å². The number of carbonyl (C=O) groups is 3. The van der Waals surface area contributed by atoms with Crippen LogP contribution in [-0.2, 0) is 16.0 Å². The number of rotatable bonds is 4. The van der Waals surface area contributed by atoms with Crippen LogP contribution in [-0.4, -0.2) is 101 Å². The number of amides is 1. The van der Waals surface area contributed by atoms with Crippen molar-refractivity contribution < 1.29 is 39.9 Å². The summed E-state index contributed by atoms with van der Waals surface area (Å²) < 4.78 is 0. The van der Waals surface area contributed by atoms with Crippen LogP contribution in [0.15, 0.2) is 23.0 Å². The molecule has 0 bridgehead atoms. The van der Waals surface area contributed by atoms with Crippen LogP contribution in [0, 0.1) is 11.8 Å². The molecule has 0 saturated heterocycles. The number of likely N-dealkylation sites (N-methyl/N-ethyl adjacent to an activating group) is 1. The zero-order valence-electron chi connectivity index (χ0n) is 20.2. The average molecular weight is 496 g/mol. The van der Waals surface area contributed by atoms with Gasteiger partial charge in [-0.05, 0) is 0 Å². The van der Waals surface area contributed by atoms with Crippen LogP contribution in [0.25, 0.3) is 5.76 Å². The molecule has 36 heavy (non-hydrogen) atoms. The molecule has 1 radical (unpaired) electrons. The monoisotopic (exact) mass is 496 g/mol. The molecular weight excluding hydrogens is 469 g/mol. The fourth-order valence-electron chi connectivity index (χ4n) is 5.95. The van der Waals surface area contributed by atoms with Gasteiger partial charge in [-0.1, -0.05) is 0 Å². The van der Waals surface area contributed by atoms with Crippen LogP contribution < -0.4 is 10.6 Å². The van der Waals surface area contributed by atoms with E-state index in [-0.39, 0.29) is 24.0 Å². The van der Waals surface area contributed by atoms with E-state index in [1.807, 2.05) is 0 Å². The van der Waals surface area contributed by atoms with Gasteiger partial charge in [0.05, 0.1) is 0 Å². The molecule has 1 aromatic carbocycles. The van der Waals surface area contributed by atoms with Gasteiger partial charge in [-0.15, -0.1) is 0 Å². The molecule has 12 heteroatoms. The molecule has 3 aliphatic rings. The second-order valence-corrected chi connectivity index (χ2v) is 9.89. The third-order valence-electron chi connectivity index (χ3n) is 7.51. The number of nitrogens with zero attached hydrogens (tertiary/aromatic N) is 2. The maximum atomic E-state index is 13.9. The van der Waals surface area contributed by atoms with E-state index in [1.165, 1.54) is 11.0 Å². The van der Waals surface area contributed by atoms with E-state index in [1.54, 1.807) is 33.1 Å². The van der Waals surface area contributed by atoms with Gasteiger partial charge in [0.2, 0.25) is 0 Å². The summed E-state index contributed by atoms with van der Waals surface area (Å²) in [6, 6.07) is 0.299. The number of ketones is 1. The van der Waals surface area contributed by atoms with Crippen molar-refractivity contribution in [3.63, 3.8) is 0 Å². The molecule has 11 nitrogen and oxygen atoms in total. The van der Waals surface area contributed by atoms with Gasteiger partial charge in [-0.25, -0.2) is 0 Å². The third kappa shape index (κ3) is 3.21. The number of aromatic hydroxyl groups is 1. The van der Waals surface area contributed by atoms with Crippen LogP contribution >= 0.6 is 0 Å². The number of nitrogens with two attached hydrogens (primary N) is 1. The van der Waals surface area contributed by atoms with Crippen molar-refractivity contribution >= 4 is 42.1 Å². The number of hydrogen-bond donors (Lipinski definition) is 6. The summed E-state index contributed by atoms with van der Waals surface area (Å²) >= 11 is 0. The number of aromatic carboxylic acids is 1. The van der Waals surface area contributed by atoms with Gasteiger partial charge in [0.1, 0.15) is 0 Å². The molecule has 1 fully saturated rings. The minimum atomic E-state index is -2.49. The van der Waals surface area contributed by atoms with Crippen molar-refractivity contribution in [2.45, 2.75) is 24.5 Å². The van der Waals surface area contributed by atoms with E-state index in [9.17, 15) is 39.9 Å². The van der Waals surface area contributed by atoms with Crippen LogP contribution in [0.1, 0.15) is 27.9 Å². The standard InChI is InChI=1S/C24H27BN3O8/c1-27(2)12-7-10(23(34)35)17(29)14-9(12)5-8-6-11-16(28(3)4)19(31)15(22(26)33)20(25)24(11,36)21(32)13(8)18(14)30/h7-8,11,16,29-31,36H,5-6H2,1-4H3,(H2,26,33)(H,34,35)/t8-,11-,16-,24+/m0/s1. The van der Waals surface area contributed by atoms with E-state index < -0.39 is 75.0 Å². The number of hydrogen-bond acceptors (Lipinski definition) is 9. The summed E-state index contributed by atoms with van der Waals surface area (Å²) in [5.41, 5.74) is 1.66. The molecule has 189 valence electrons. The Morgan fingerprint density at radius 3 is 2.28 bits per heavy atom. The number of fused-ring (bicyclic) bond motifs is 3. The molecular formula is C24H27BN3O8. The summed E-state index contributed by atoms with van der Waals surface area (Å²) in [7, 11) is 12.6. The van der Waals surface area contributed by atoms with Crippen molar-refractivity contribution in [2.75, 3.05) is 33.1 Å². The van der Waals surface area contributed by atoms with Gasteiger partial charge in [-0.3, -0.25) is 0 Å². The number of benzene rings is 1. The van der Waals surface area contributed by atoms with E-state index in [0.29, 0.717) is 11.3 Å². The number of aliphatic hydroxyl groups excluding tert-OH is 2. The second kappa shape index (κ2) is 8.21. The van der Waals surface area contributed by atoms with Crippen molar-refractivity contribution in [2.24, 2.45) is 17.6 Å². The fraction of sp³-hybridized carbons (Fsp3) is 0.417. The minimum absolute atomic E-state index is 0.0645. The van der Waals surface area contributed by atoms with Crippen LogP contribution in [0.2, 0.25) is 0 Å². The van der Waals surface area contributed by atoms with Gasteiger partial charge in [-0.2, -0.15) is 0 Å². The normalized spacial score (nSPS) is 27.5. The third-order valence-corrected chi connectivity index (χ3v) is 7.51. The Hall–Kier alpha value is -3.64. The first-order valence-corrected chi connectivity index (χ1v) is 11.2. The number of carboxylic acids is 1. The molecule has 0 unspecified atom stereocenters. The Bertz CT molecular complexity index is 1310. The number of primary amides is 1. The molecule has 0 aromatic heterocycles. The summed E-state index contributed by atoms with van der Waals surface area (Å²) in [4.78, 5) is 41.0. The molecule has 3 aliphatic carbocycles. The zero-order chi connectivity index (χ0) is 27.0. The van der Waals surface area contributed by atoms with Crippen LogP contribution in [0.5, 0.6) is 5.75 Å². The Morgan fingerprint density at radius 2 is 1.78 bits per heavy atom. The predicted molar refractivity (Wildman–Crippen MR) is 131 cm³/mol. The first-order chi connectivity index (χ1) is 16.7. The molecule has 4 atom stereocenters. The number of phenols is 1. The number of aliphatic hydroxyl groups is 3. The molecule has 1 aromatic rings. The predicted octanol–water partition coefficient (Wildman–Crippen LogP) is -0.500. The summed E-state index contributed by atoms with van der Waals surface area (Å²) in [6.45, 7) is 0. The average Bonchev–Trinajstić information content (AvgIpc) is 2.75. The first-order valence-electron chi connectivity index (χ1n) is 11.2. The fourth-order valence-corrected chi connectivity index (χ4v) is 5.95. The SMILES string of the molecule is [B]=C1C(C(N)=O)=C(O)[C@@H](N(C)C)[C@@H]2C[C@@H]3Cc4c(N(C)C)cc(C(=O)O)c(O)c4C(O)=C3C(=O)[C@]12O. The molecule has 1 amide bonds. The van der Waals surface area contributed by atoms with Crippen LogP contribution in [0.4, 0.5) is 5.69 Å². The number of anilines is 1. The van der Waals surface area contributed by atoms with E-state index in [4.69, 9.17) is 13.2 Å². The summed E-state index contributed by atoms with van der Waals surface area (Å²) in [5.74, 6) is -7.08. The Kier molecular flexibility index (Phi) is 5.80. The number of carboxylic acid groups (broad SMARTS) is 1. The first kappa shape index (κ1) is 25.5. The van der Waals surface area contributed by atoms with E-state index in [0.717, 1.165) is 0 Å². The number of carbonyl (C=O) groups excluding carboxylic acids is 2. The van der Waals surface area contributed by atoms with Crippen molar-refractivity contribution in [1.82, 2.24) is 4.90 Å². The Morgan fingerprint density at radius 1 is 1.17 bits per heavy atom. The Balaban J connectivity index is 2.01. The van der Waals surface area contributed by atoms with Gasteiger partial charge in [0.25, 0.3) is 0 Å². The Labute approximate surface area is 207 Å². The van der Waals surface area contributed by atoms with Crippen molar-refractivity contribution in [3.05, 3.63) is 39.7 Å². The quantitative estimate of drug-likeness (QED) is 0.297. The van der Waals surface area contributed by atoms with Crippen molar-refractivity contribution in [3.8, 4) is 5.75 Å². The molecule has 7 N–H and O–H groups in total. The van der Waals surface area contributed by atoms with Crippen LogP contribution in [0.3, 0.4) is 0 Å². The molecule has 1 saturated carbocycles. The second-order valence-electron chi connectivity index (χ2n) is 9.89. The molecule has 0 spiro atoms. The van der Waals surface area contributed by atoms with E-state index >= 15 is 0 Å². The van der Waals surface area contributed by atoms with E-state index in [2.05, 4.69) is 0 Å². The summed E-state index contributed by atoms with van der Waals surface area (Å²) in [6.07, 6.45) is 0.191. The molecule has 0 heterocycles. The molecule has 0 aliphatic heterocycles. The number of Topliss-reactive ketones (excluding diaryl/α,β-unsaturated/α-hetero) is 1. The van der Waals surface area contributed by atoms with Gasteiger partial charge >= 0.3 is 207 Å². The van der Waals surface area contributed by atoms with Gasteiger partial charge in [0.15, 0.2) is 0 Å². The maximum absolute atomic E-state index is 13.9.